The zero-order valence-corrected chi connectivity index (χ0v) is 17.4. The molecule has 1 aromatic rings. The summed E-state index contributed by atoms with van der Waals surface area (Å²) in [7, 11) is 3.10. The Morgan fingerprint density at radius 2 is 1.62 bits per heavy atom. The lowest BCUT2D eigenvalue weighted by Crippen LogP contribution is -2.51. The zero-order valence-electron chi connectivity index (χ0n) is 17.4. The lowest BCUT2D eigenvalue weighted by atomic mass is 10.2. The van der Waals surface area contributed by atoms with Gasteiger partial charge >= 0.3 is 5.97 Å². The maximum absolute atomic E-state index is 13.3. The lowest BCUT2D eigenvalue weighted by molar-refractivity contribution is -0.141. The molecule has 2 heterocycles. The highest BCUT2D eigenvalue weighted by Gasteiger charge is 2.32. The smallest absolute Gasteiger partial charge is 0.330 e. The van der Waals surface area contributed by atoms with Crippen molar-refractivity contribution < 1.29 is 28.5 Å². The minimum absolute atomic E-state index is 0.306. The van der Waals surface area contributed by atoms with Gasteiger partial charge < -0.3 is 23.7 Å². The molecule has 1 unspecified atom stereocenters. The number of nitrogens with zero attached hydrogens (tertiary/aromatic N) is 2. The number of hydrogen-bond donors (Lipinski definition) is 0. The number of rotatable bonds is 7. The van der Waals surface area contributed by atoms with E-state index in [1.807, 2.05) is 0 Å². The second kappa shape index (κ2) is 11.3. The van der Waals surface area contributed by atoms with Gasteiger partial charge in [0.1, 0.15) is 6.04 Å². The average Bonchev–Trinajstić information content (AvgIpc) is 3.17. The third kappa shape index (κ3) is 6.05. The zero-order chi connectivity index (χ0) is 20.5. The van der Waals surface area contributed by atoms with Crippen LogP contribution in [0.3, 0.4) is 0 Å². The molecule has 1 atom stereocenters. The molecule has 0 amide bonds. The quantitative estimate of drug-likeness (QED) is 0.496. The number of carbonyl (C=O) groups is 1. The van der Waals surface area contributed by atoms with Gasteiger partial charge in [0.2, 0.25) is 5.75 Å². The van der Waals surface area contributed by atoms with Gasteiger partial charge in [0, 0.05) is 45.9 Å². The largest absolute Gasteiger partial charge is 0.493 e. The number of benzene rings is 1. The number of esters is 1. The molecule has 162 valence electrons. The summed E-state index contributed by atoms with van der Waals surface area (Å²) in [6.07, 6.45) is 1.86. The third-order valence-corrected chi connectivity index (χ3v) is 5.30. The van der Waals surface area contributed by atoms with Crippen molar-refractivity contribution in [3.05, 3.63) is 18.2 Å². The number of methoxy groups -OCH3 is 2. The summed E-state index contributed by atoms with van der Waals surface area (Å²) in [4.78, 5) is 17.8. The van der Waals surface area contributed by atoms with Crippen LogP contribution in [0, 0.1) is 0 Å². The van der Waals surface area contributed by atoms with Crippen LogP contribution in [-0.2, 0) is 14.3 Å². The molecule has 0 saturated carbocycles. The molecule has 2 aliphatic rings. The van der Waals surface area contributed by atoms with Crippen molar-refractivity contribution in [2.75, 3.05) is 73.4 Å². The predicted octanol–water partition coefficient (Wildman–Crippen LogP) is 1.42. The SMILES string of the molecule is COc1cccc(OC)c1OC(=O)C(CN1CCCOCC1)N1CCCOCC1. The van der Waals surface area contributed by atoms with E-state index in [1.54, 1.807) is 32.4 Å². The van der Waals surface area contributed by atoms with Gasteiger partial charge in [-0.2, -0.15) is 0 Å². The summed E-state index contributed by atoms with van der Waals surface area (Å²) < 4.78 is 27.8. The molecule has 0 spiro atoms. The Labute approximate surface area is 172 Å². The van der Waals surface area contributed by atoms with Crippen molar-refractivity contribution in [2.45, 2.75) is 18.9 Å². The molecular weight excluding hydrogens is 376 g/mol. The van der Waals surface area contributed by atoms with E-state index < -0.39 is 6.04 Å². The molecule has 3 rings (SSSR count). The summed E-state index contributed by atoms with van der Waals surface area (Å²) in [6.45, 7) is 6.60. The molecule has 2 saturated heterocycles. The minimum atomic E-state index is -0.399. The molecule has 2 fully saturated rings. The number of ether oxygens (including phenoxy) is 5. The van der Waals surface area contributed by atoms with E-state index in [0.29, 0.717) is 43.6 Å². The summed E-state index contributed by atoms with van der Waals surface area (Å²) in [5.74, 6) is 0.954. The van der Waals surface area contributed by atoms with Gasteiger partial charge in [-0.05, 0) is 25.0 Å². The second-order valence-corrected chi connectivity index (χ2v) is 7.20. The van der Waals surface area contributed by atoms with Crippen molar-refractivity contribution >= 4 is 5.97 Å². The van der Waals surface area contributed by atoms with Crippen LogP contribution in [0.5, 0.6) is 17.2 Å². The second-order valence-electron chi connectivity index (χ2n) is 7.20. The summed E-state index contributed by atoms with van der Waals surface area (Å²) in [5, 5.41) is 0. The van der Waals surface area contributed by atoms with E-state index >= 15 is 0 Å². The first kappa shape index (κ1) is 21.8. The van der Waals surface area contributed by atoms with Crippen LogP contribution in [0.1, 0.15) is 12.8 Å². The van der Waals surface area contributed by atoms with Crippen molar-refractivity contribution in [1.29, 1.82) is 0 Å². The molecule has 2 aliphatic heterocycles. The topological polar surface area (TPSA) is 69.7 Å². The molecule has 0 N–H and O–H groups in total. The number of carbonyl (C=O) groups excluding carboxylic acids is 1. The minimum Gasteiger partial charge on any atom is -0.493 e. The van der Waals surface area contributed by atoms with Gasteiger partial charge in [-0.25, -0.2) is 4.79 Å². The number of hydrogen-bond acceptors (Lipinski definition) is 8. The summed E-state index contributed by atoms with van der Waals surface area (Å²) in [5.41, 5.74) is 0. The van der Waals surface area contributed by atoms with Gasteiger partial charge in [0.15, 0.2) is 11.5 Å². The Balaban J connectivity index is 1.79. The monoisotopic (exact) mass is 408 g/mol. The summed E-state index contributed by atoms with van der Waals surface area (Å²) >= 11 is 0. The summed E-state index contributed by atoms with van der Waals surface area (Å²) in [6, 6.07) is 4.91. The maximum atomic E-state index is 13.3. The van der Waals surface area contributed by atoms with Gasteiger partial charge in [-0.3, -0.25) is 9.80 Å². The van der Waals surface area contributed by atoms with Crippen LogP contribution in [0.4, 0.5) is 0 Å². The predicted molar refractivity (Wildman–Crippen MR) is 108 cm³/mol. The first-order valence-electron chi connectivity index (χ1n) is 10.3. The van der Waals surface area contributed by atoms with E-state index in [0.717, 1.165) is 45.7 Å². The van der Waals surface area contributed by atoms with Crippen LogP contribution in [-0.4, -0.2) is 95.2 Å². The van der Waals surface area contributed by atoms with E-state index in [1.165, 1.54) is 0 Å². The normalized spacial score (nSPS) is 20.3. The Morgan fingerprint density at radius 1 is 0.966 bits per heavy atom. The molecule has 0 bridgehead atoms. The van der Waals surface area contributed by atoms with Crippen molar-refractivity contribution in [1.82, 2.24) is 9.80 Å². The van der Waals surface area contributed by atoms with Crippen LogP contribution in [0.15, 0.2) is 18.2 Å². The Kier molecular flexibility index (Phi) is 8.54. The highest BCUT2D eigenvalue weighted by molar-refractivity contribution is 5.80. The Morgan fingerprint density at radius 3 is 2.31 bits per heavy atom. The molecule has 8 heteroatoms. The van der Waals surface area contributed by atoms with E-state index in [2.05, 4.69) is 9.80 Å². The molecule has 0 aliphatic carbocycles. The van der Waals surface area contributed by atoms with Gasteiger partial charge in [-0.1, -0.05) is 6.07 Å². The van der Waals surface area contributed by atoms with Gasteiger partial charge in [0.05, 0.1) is 27.4 Å². The fraction of sp³-hybridized carbons (Fsp3) is 0.667. The molecule has 0 aromatic heterocycles. The first-order chi connectivity index (χ1) is 14.2. The highest BCUT2D eigenvalue weighted by atomic mass is 16.6. The average molecular weight is 408 g/mol. The molecular formula is C21H32N2O6. The maximum Gasteiger partial charge on any atom is 0.330 e. The molecule has 29 heavy (non-hydrogen) atoms. The highest BCUT2D eigenvalue weighted by Crippen LogP contribution is 2.37. The third-order valence-electron chi connectivity index (χ3n) is 5.30. The van der Waals surface area contributed by atoms with Crippen molar-refractivity contribution in [3.8, 4) is 17.2 Å². The fourth-order valence-electron chi connectivity index (χ4n) is 3.73. The first-order valence-corrected chi connectivity index (χ1v) is 10.3. The molecule has 1 aromatic carbocycles. The van der Waals surface area contributed by atoms with E-state index in [-0.39, 0.29) is 5.97 Å². The van der Waals surface area contributed by atoms with E-state index in [4.69, 9.17) is 23.7 Å². The van der Waals surface area contributed by atoms with Crippen LogP contribution >= 0.6 is 0 Å². The van der Waals surface area contributed by atoms with Crippen molar-refractivity contribution in [2.24, 2.45) is 0 Å². The molecule has 8 nitrogen and oxygen atoms in total. The van der Waals surface area contributed by atoms with Crippen LogP contribution < -0.4 is 14.2 Å². The van der Waals surface area contributed by atoms with Crippen LogP contribution in [0.25, 0.3) is 0 Å². The Bertz CT molecular complexity index is 618. The van der Waals surface area contributed by atoms with E-state index in [9.17, 15) is 4.79 Å². The lowest BCUT2D eigenvalue weighted by Gasteiger charge is -2.32. The number of para-hydroxylation sites is 1. The van der Waals surface area contributed by atoms with Gasteiger partial charge in [0.25, 0.3) is 0 Å². The fourth-order valence-corrected chi connectivity index (χ4v) is 3.73. The van der Waals surface area contributed by atoms with Gasteiger partial charge in [-0.15, -0.1) is 0 Å². The molecule has 0 radical (unpaired) electrons. The van der Waals surface area contributed by atoms with Crippen molar-refractivity contribution in [3.63, 3.8) is 0 Å². The van der Waals surface area contributed by atoms with Crippen LogP contribution in [0.2, 0.25) is 0 Å². The Hall–Kier alpha value is -1.87. The standard InChI is InChI=1S/C21H32N2O6/c1-25-18-6-3-7-19(26-2)20(18)29-21(24)17(23-9-5-13-28-15-11-23)16-22-8-4-12-27-14-10-22/h3,6-7,17H,4-5,8-16H2,1-2H3.